The van der Waals surface area contributed by atoms with Crippen molar-refractivity contribution in [3.05, 3.63) is 28.2 Å². The van der Waals surface area contributed by atoms with Crippen LogP contribution in [-0.4, -0.2) is 44.3 Å². The van der Waals surface area contributed by atoms with E-state index >= 15 is 0 Å². The second kappa shape index (κ2) is 6.78. The van der Waals surface area contributed by atoms with E-state index in [0.29, 0.717) is 16.7 Å². The molecule has 1 aliphatic rings. The Labute approximate surface area is 124 Å². The van der Waals surface area contributed by atoms with Gasteiger partial charge >= 0.3 is 6.18 Å². The van der Waals surface area contributed by atoms with E-state index in [4.69, 9.17) is 4.74 Å². The maximum atomic E-state index is 12.7. The number of benzene rings is 1. The van der Waals surface area contributed by atoms with E-state index in [2.05, 4.69) is 26.1 Å². The summed E-state index contributed by atoms with van der Waals surface area (Å²) in [6.45, 7) is 4.57. The average molecular weight is 353 g/mol. The van der Waals surface area contributed by atoms with Crippen LogP contribution in [0.2, 0.25) is 0 Å². The third-order valence-electron chi connectivity index (χ3n) is 3.09. The Balaban J connectivity index is 1.90. The Hall–Kier alpha value is -0.790. The van der Waals surface area contributed by atoms with Crippen molar-refractivity contribution in [1.82, 2.24) is 4.90 Å². The van der Waals surface area contributed by atoms with Crippen LogP contribution in [0.1, 0.15) is 5.56 Å². The van der Waals surface area contributed by atoms with E-state index in [1.165, 1.54) is 0 Å². The van der Waals surface area contributed by atoms with Gasteiger partial charge in [-0.05, 0) is 18.2 Å². The molecule has 2 rings (SSSR count). The molecule has 0 unspecified atom stereocenters. The Morgan fingerprint density at radius 2 is 1.90 bits per heavy atom. The molecule has 0 bridgehead atoms. The molecule has 112 valence electrons. The van der Waals surface area contributed by atoms with Gasteiger partial charge < -0.3 is 10.1 Å². The summed E-state index contributed by atoms with van der Waals surface area (Å²) in [5.41, 5.74) is -0.180. The SMILES string of the molecule is FC(F)(F)c1cc(Br)cc(NCCN2CCOCC2)c1. The summed E-state index contributed by atoms with van der Waals surface area (Å²) in [6, 6.07) is 3.85. The number of alkyl halides is 3. The predicted octanol–water partition coefficient (Wildman–Crippen LogP) is 3.21. The lowest BCUT2D eigenvalue weighted by atomic mass is 10.2. The first-order valence-electron chi connectivity index (χ1n) is 6.37. The Kier molecular flexibility index (Phi) is 5.29. The van der Waals surface area contributed by atoms with E-state index in [9.17, 15) is 13.2 Å². The Bertz CT molecular complexity index is 448. The summed E-state index contributed by atoms with van der Waals surface area (Å²) in [5, 5.41) is 3.03. The molecule has 1 aromatic carbocycles. The second-order valence-corrected chi connectivity index (χ2v) is 5.52. The molecule has 0 spiro atoms. The summed E-state index contributed by atoms with van der Waals surface area (Å²) in [4.78, 5) is 2.22. The number of hydrogen-bond donors (Lipinski definition) is 1. The molecule has 20 heavy (non-hydrogen) atoms. The molecule has 7 heteroatoms. The minimum atomic E-state index is -4.33. The van der Waals surface area contributed by atoms with Crippen LogP contribution in [0, 0.1) is 0 Å². The molecule has 1 aromatic rings. The van der Waals surface area contributed by atoms with Crippen molar-refractivity contribution in [3.63, 3.8) is 0 Å². The number of rotatable bonds is 4. The number of anilines is 1. The van der Waals surface area contributed by atoms with Gasteiger partial charge in [-0.1, -0.05) is 15.9 Å². The first-order chi connectivity index (χ1) is 9.45. The van der Waals surface area contributed by atoms with Gasteiger partial charge in [0.15, 0.2) is 0 Å². The van der Waals surface area contributed by atoms with Gasteiger partial charge in [-0.2, -0.15) is 13.2 Å². The number of nitrogens with zero attached hydrogens (tertiary/aromatic N) is 1. The molecule has 1 N–H and O–H groups in total. The summed E-state index contributed by atoms with van der Waals surface area (Å²) in [6.07, 6.45) is -4.33. The quantitative estimate of drug-likeness (QED) is 0.900. The molecule has 0 aliphatic carbocycles. The molecule has 0 saturated carbocycles. The van der Waals surface area contributed by atoms with Gasteiger partial charge in [-0.3, -0.25) is 4.90 Å². The molecule has 1 saturated heterocycles. The molecular weight excluding hydrogens is 337 g/mol. The number of morpholine rings is 1. The molecule has 1 fully saturated rings. The Morgan fingerprint density at radius 3 is 2.55 bits per heavy atom. The van der Waals surface area contributed by atoms with Crippen molar-refractivity contribution >= 4 is 21.6 Å². The molecule has 0 aromatic heterocycles. The normalized spacial score (nSPS) is 17.2. The van der Waals surface area contributed by atoms with Crippen molar-refractivity contribution in [1.29, 1.82) is 0 Å². The van der Waals surface area contributed by atoms with Gasteiger partial charge in [-0.15, -0.1) is 0 Å². The standard InChI is InChI=1S/C13H16BrF3N2O/c14-11-7-10(13(15,16)17)8-12(9-11)18-1-2-19-3-5-20-6-4-19/h7-9,18H,1-6H2. The Morgan fingerprint density at radius 1 is 1.20 bits per heavy atom. The van der Waals surface area contributed by atoms with Gasteiger partial charge in [0.05, 0.1) is 18.8 Å². The highest BCUT2D eigenvalue weighted by atomic mass is 79.9. The summed E-state index contributed by atoms with van der Waals surface area (Å²) in [7, 11) is 0. The van der Waals surface area contributed by atoms with Crippen LogP contribution >= 0.6 is 15.9 Å². The van der Waals surface area contributed by atoms with Crippen LogP contribution in [0.5, 0.6) is 0 Å². The molecule has 0 amide bonds. The highest BCUT2D eigenvalue weighted by Gasteiger charge is 2.31. The molecule has 3 nitrogen and oxygen atoms in total. The zero-order chi connectivity index (χ0) is 14.6. The zero-order valence-electron chi connectivity index (χ0n) is 10.8. The van der Waals surface area contributed by atoms with Gasteiger partial charge in [0.25, 0.3) is 0 Å². The summed E-state index contributed by atoms with van der Waals surface area (Å²) < 4.78 is 43.7. The van der Waals surface area contributed by atoms with Crippen LogP contribution in [0.15, 0.2) is 22.7 Å². The predicted molar refractivity (Wildman–Crippen MR) is 74.9 cm³/mol. The lowest BCUT2D eigenvalue weighted by Gasteiger charge is -2.26. The fraction of sp³-hybridized carbons (Fsp3) is 0.538. The smallest absolute Gasteiger partial charge is 0.384 e. The van der Waals surface area contributed by atoms with E-state index in [1.807, 2.05) is 0 Å². The third kappa shape index (κ3) is 4.64. The van der Waals surface area contributed by atoms with Crippen LogP contribution in [0.3, 0.4) is 0 Å². The van der Waals surface area contributed by atoms with E-state index in [0.717, 1.165) is 45.0 Å². The highest BCUT2D eigenvalue weighted by molar-refractivity contribution is 9.10. The highest BCUT2D eigenvalue weighted by Crippen LogP contribution is 2.33. The molecule has 0 radical (unpaired) electrons. The molecule has 1 heterocycles. The molecular formula is C13H16BrF3N2O. The van der Waals surface area contributed by atoms with E-state index in [1.54, 1.807) is 6.07 Å². The largest absolute Gasteiger partial charge is 0.416 e. The lowest BCUT2D eigenvalue weighted by Crippen LogP contribution is -2.39. The summed E-state index contributed by atoms with van der Waals surface area (Å²) >= 11 is 3.11. The van der Waals surface area contributed by atoms with Crippen molar-refractivity contribution in [2.75, 3.05) is 44.7 Å². The maximum absolute atomic E-state index is 12.7. The van der Waals surface area contributed by atoms with Crippen molar-refractivity contribution in [3.8, 4) is 0 Å². The fourth-order valence-electron chi connectivity index (χ4n) is 2.04. The van der Waals surface area contributed by atoms with E-state index in [-0.39, 0.29) is 0 Å². The van der Waals surface area contributed by atoms with Gasteiger partial charge in [-0.25, -0.2) is 0 Å². The van der Waals surface area contributed by atoms with Crippen molar-refractivity contribution in [2.24, 2.45) is 0 Å². The minimum absolute atomic E-state index is 0.418. The van der Waals surface area contributed by atoms with Crippen LogP contribution in [0.4, 0.5) is 18.9 Å². The van der Waals surface area contributed by atoms with Crippen LogP contribution in [0.25, 0.3) is 0 Å². The van der Waals surface area contributed by atoms with Crippen molar-refractivity contribution in [2.45, 2.75) is 6.18 Å². The topological polar surface area (TPSA) is 24.5 Å². The number of ether oxygens (including phenoxy) is 1. The minimum Gasteiger partial charge on any atom is -0.384 e. The maximum Gasteiger partial charge on any atom is 0.416 e. The first kappa shape index (κ1) is 15.6. The molecule has 0 atom stereocenters. The first-order valence-corrected chi connectivity index (χ1v) is 7.16. The van der Waals surface area contributed by atoms with Crippen LogP contribution in [-0.2, 0) is 10.9 Å². The van der Waals surface area contributed by atoms with Gasteiger partial charge in [0.1, 0.15) is 0 Å². The van der Waals surface area contributed by atoms with Gasteiger partial charge in [0.2, 0.25) is 0 Å². The number of nitrogens with one attached hydrogen (secondary N) is 1. The number of hydrogen-bond acceptors (Lipinski definition) is 3. The van der Waals surface area contributed by atoms with E-state index < -0.39 is 11.7 Å². The fourth-order valence-corrected chi connectivity index (χ4v) is 2.53. The third-order valence-corrected chi connectivity index (χ3v) is 3.54. The monoisotopic (exact) mass is 352 g/mol. The van der Waals surface area contributed by atoms with Gasteiger partial charge in [0, 0.05) is 36.3 Å². The zero-order valence-corrected chi connectivity index (χ0v) is 12.4. The van der Waals surface area contributed by atoms with Crippen LogP contribution < -0.4 is 5.32 Å². The molecule has 1 aliphatic heterocycles. The second-order valence-electron chi connectivity index (χ2n) is 4.61. The van der Waals surface area contributed by atoms with Crippen molar-refractivity contribution < 1.29 is 17.9 Å². The summed E-state index contributed by atoms with van der Waals surface area (Å²) in [5.74, 6) is 0. The lowest BCUT2D eigenvalue weighted by molar-refractivity contribution is -0.137. The average Bonchev–Trinajstić information content (AvgIpc) is 2.38. The number of halogens is 4.